The van der Waals surface area contributed by atoms with Crippen LogP contribution in [0.5, 0.6) is 0 Å². The Morgan fingerprint density at radius 3 is 3.04 bits per heavy atom. The number of nitrogens with zero attached hydrogens (tertiary/aromatic N) is 3. The molecule has 0 saturated carbocycles. The van der Waals surface area contributed by atoms with Crippen LogP contribution in [0.15, 0.2) is 34.0 Å². The van der Waals surface area contributed by atoms with Gasteiger partial charge in [0, 0.05) is 23.5 Å². The molecule has 2 aromatic rings. The van der Waals surface area contributed by atoms with Crippen LogP contribution in [-0.2, 0) is 24.3 Å². The summed E-state index contributed by atoms with van der Waals surface area (Å²) < 4.78 is 2.98. The smallest absolute Gasteiger partial charge is 0.324 e. The number of rotatable bonds is 4. The lowest BCUT2D eigenvalue weighted by Crippen LogP contribution is -2.30. The molecule has 0 radical (unpaired) electrons. The van der Waals surface area contributed by atoms with Crippen molar-refractivity contribution in [3.05, 3.63) is 40.6 Å². The highest BCUT2D eigenvalue weighted by Gasteiger charge is 2.17. The van der Waals surface area contributed by atoms with Crippen LogP contribution in [0.4, 0.5) is 5.69 Å². The summed E-state index contributed by atoms with van der Waals surface area (Å²) in [7, 11) is 0. The van der Waals surface area contributed by atoms with Crippen molar-refractivity contribution in [2.75, 3.05) is 11.6 Å². The maximum atomic E-state index is 12.3. The monoisotopic (exact) mass is 332 g/mol. The molecule has 122 valence electrons. The maximum Gasteiger partial charge on any atom is 0.346 e. The molecule has 3 rings (SSSR count). The van der Waals surface area contributed by atoms with Crippen LogP contribution in [0.2, 0.25) is 0 Å². The fourth-order valence-corrected chi connectivity index (χ4v) is 3.23. The Bertz CT molecular complexity index is 766. The molecule has 1 aromatic heterocycles. The number of aromatic nitrogens is 3. The van der Waals surface area contributed by atoms with E-state index in [1.165, 1.54) is 4.68 Å². The van der Waals surface area contributed by atoms with Gasteiger partial charge in [-0.15, -0.1) is 11.8 Å². The standard InChI is InChI=1S/C16H20N4O2S/c1-23-13-7-5-6-12(10-13)17-15(21)11-20-16(22)19-9-4-2-3-8-14(19)18-20/h5-7,10H,2-4,8-9,11H2,1H3,(H,17,21). The zero-order valence-electron chi connectivity index (χ0n) is 13.1. The van der Waals surface area contributed by atoms with E-state index >= 15 is 0 Å². The summed E-state index contributed by atoms with van der Waals surface area (Å²) in [4.78, 5) is 25.6. The average molecular weight is 332 g/mol. The van der Waals surface area contributed by atoms with E-state index in [9.17, 15) is 9.59 Å². The van der Waals surface area contributed by atoms with Gasteiger partial charge in [0.15, 0.2) is 0 Å². The quantitative estimate of drug-likeness (QED) is 0.871. The number of hydrogen-bond donors (Lipinski definition) is 1. The fourth-order valence-electron chi connectivity index (χ4n) is 2.77. The van der Waals surface area contributed by atoms with Crippen molar-refractivity contribution in [1.82, 2.24) is 14.3 Å². The van der Waals surface area contributed by atoms with E-state index in [-0.39, 0.29) is 18.1 Å². The minimum atomic E-state index is -0.237. The first-order valence-electron chi connectivity index (χ1n) is 7.78. The van der Waals surface area contributed by atoms with E-state index in [2.05, 4.69) is 10.4 Å². The molecule has 0 fully saturated rings. The third kappa shape index (κ3) is 3.67. The summed E-state index contributed by atoms with van der Waals surface area (Å²) in [5.41, 5.74) is 0.547. The number of nitrogens with one attached hydrogen (secondary N) is 1. The van der Waals surface area contributed by atoms with Crippen molar-refractivity contribution in [1.29, 1.82) is 0 Å². The summed E-state index contributed by atoms with van der Waals surface area (Å²) in [6.07, 6.45) is 5.95. The molecule has 7 heteroatoms. The van der Waals surface area contributed by atoms with Crippen molar-refractivity contribution in [2.45, 2.75) is 43.7 Å². The zero-order valence-corrected chi connectivity index (χ0v) is 13.9. The number of thioether (sulfide) groups is 1. The Morgan fingerprint density at radius 1 is 1.35 bits per heavy atom. The molecule has 0 saturated heterocycles. The molecule has 1 N–H and O–H groups in total. The van der Waals surface area contributed by atoms with Gasteiger partial charge in [0.25, 0.3) is 0 Å². The SMILES string of the molecule is CSc1cccc(NC(=O)Cn2nc3n(c2=O)CCCCC3)c1. The van der Waals surface area contributed by atoms with Gasteiger partial charge in [0.1, 0.15) is 12.4 Å². The van der Waals surface area contributed by atoms with Gasteiger partial charge in [-0.3, -0.25) is 9.36 Å². The van der Waals surface area contributed by atoms with Gasteiger partial charge in [-0.05, 0) is 37.3 Å². The molecule has 1 aliphatic heterocycles. The fraction of sp³-hybridized carbons (Fsp3) is 0.438. The number of hydrogen-bond acceptors (Lipinski definition) is 4. The van der Waals surface area contributed by atoms with Gasteiger partial charge in [0.05, 0.1) is 0 Å². The van der Waals surface area contributed by atoms with Crippen molar-refractivity contribution in [3.63, 3.8) is 0 Å². The number of anilines is 1. The Morgan fingerprint density at radius 2 is 2.22 bits per heavy atom. The lowest BCUT2D eigenvalue weighted by Gasteiger charge is -2.06. The Balaban J connectivity index is 1.72. The van der Waals surface area contributed by atoms with Crippen LogP contribution in [0.25, 0.3) is 0 Å². The normalized spacial score (nSPS) is 14.1. The van der Waals surface area contributed by atoms with Gasteiger partial charge in [-0.1, -0.05) is 12.5 Å². The first kappa shape index (κ1) is 15.9. The van der Waals surface area contributed by atoms with Gasteiger partial charge in [0.2, 0.25) is 5.91 Å². The van der Waals surface area contributed by atoms with Crippen LogP contribution in [-0.4, -0.2) is 26.5 Å². The maximum absolute atomic E-state index is 12.3. The van der Waals surface area contributed by atoms with Crippen molar-refractivity contribution in [2.24, 2.45) is 0 Å². The second kappa shape index (κ2) is 7.04. The van der Waals surface area contributed by atoms with Gasteiger partial charge >= 0.3 is 5.69 Å². The Labute approximate surface area is 138 Å². The lowest BCUT2D eigenvalue weighted by atomic mass is 10.2. The zero-order chi connectivity index (χ0) is 16.2. The highest BCUT2D eigenvalue weighted by molar-refractivity contribution is 7.98. The van der Waals surface area contributed by atoms with Crippen LogP contribution >= 0.6 is 11.8 Å². The predicted molar refractivity (Wildman–Crippen MR) is 90.9 cm³/mol. The van der Waals surface area contributed by atoms with Crippen LogP contribution in [0.3, 0.4) is 0 Å². The Hall–Kier alpha value is -2.02. The summed E-state index contributed by atoms with van der Waals surface area (Å²) in [6, 6.07) is 7.63. The predicted octanol–water partition coefficient (Wildman–Crippen LogP) is 2.13. The second-order valence-electron chi connectivity index (χ2n) is 5.60. The lowest BCUT2D eigenvalue weighted by molar-refractivity contribution is -0.117. The van der Waals surface area contributed by atoms with E-state index in [0.29, 0.717) is 6.54 Å². The molecule has 23 heavy (non-hydrogen) atoms. The number of carbonyl (C=O) groups is 1. The summed E-state index contributed by atoms with van der Waals surface area (Å²) in [6.45, 7) is 0.647. The molecule has 0 atom stereocenters. The van der Waals surface area contributed by atoms with E-state index in [4.69, 9.17) is 0 Å². The van der Waals surface area contributed by atoms with Crippen LogP contribution in [0, 0.1) is 0 Å². The molecule has 2 heterocycles. The van der Waals surface area contributed by atoms with Crippen LogP contribution < -0.4 is 11.0 Å². The number of aryl methyl sites for hydroxylation is 1. The first-order valence-corrected chi connectivity index (χ1v) is 9.00. The van der Waals surface area contributed by atoms with E-state index in [0.717, 1.165) is 42.1 Å². The minimum Gasteiger partial charge on any atom is -0.324 e. The van der Waals surface area contributed by atoms with Gasteiger partial charge in [-0.2, -0.15) is 5.10 Å². The molecule has 0 unspecified atom stereocenters. The van der Waals surface area contributed by atoms with E-state index < -0.39 is 0 Å². The van der Waals surface area contributed by atoms with Crippen LogP contribution in [0.1, 0.15) is 25.1 Å². The number of amides is 1. The second-order valence-corrected chi connectivity index (χ2v) is 6.48. The number of benzene rings is 1. The summed E-state index contributed by atoms with van der Waals surface area (Å²) in [5, 5.41) is 7.15. The van der Waals surface area contributed by atoms with E-state index in [1.54, 1.807) is 16.3 Å². The first-order chi connectivity index (χ1) is 11.2. The minimum absolute atomic E-state index is 0.0532. The molecule has 6 nitrogen and oxygen atoms in total. The topological polar surface area (TPSA) is 68.9 Å². The van der Waals surface area contributed by atoms with Gasteiger partial charge < -0.3 is 5.32 Å². The number of fused-ring (bicyclic) bond motifs is 1. The third-order valence-electron chi connectivity index (χ3n) is 3.93. The van der Waals surface area contributed by atoms with Crippen molar-refractivity contribution >= 4 is 23.4 Å². The van der Waals surface area contributed by atoms with Gasteiger partial charge in [-0.25, -0.2) is 9.48 Å². The van der Waals surface area contributed by atoms with Crippen molar-refractivity contribution < 1.29 is 4.79 Å². The molecule has 0 spiro atoms. The molecule has 1 amide bonds. The molecular weight excluding hydrogens is 312 g/mol. The number of carbonyl (C=O) groups excluding carboxylic acids is 1. The molecule has 0 bridgehead atoms. The Kier molecular flexibility index (Phi) is 4.85. The molecule has 1 aliphatic rings. The highest BCUT2D eigenvalue weighted by atomic mass is 32.2. The molecular formula is C16H20N4O2S. The molecule has 1 aromatic carbocycles. The molecule has 0 aliphatic carbocycles. The van der Waals surface area contributed by atoms with Crippen molar-refractivity contribution in [3.8, 4) is 0 Å². The largest absolute Gasteiger partial charge is 0.346 e. The van der Waals surface area contributed by atoms with E-state index in [1.807, 2.05) is 30.5 Å². The third-order valence-corrected chi connectivity index (χ3v) is 4.65. The summed E-state index contributed by atoms with van der Waals surface area (Å²) in [5.74, 6) is 0.559. The highest BCUT2D eigenvalue weighted by Crippen LogP contribution is 2.18. The average Bonchev–Trinajstić information content (AvgIpc) is 2.73. The summed E-state index contributed by atoms with van der Waals surface area (Å²) >= 11 is 1.61.